The molecule has 0 aromatic heterocycles. The Hall–Kier alpha value is -1.14. The first kappa shape index (κ1) is 16.9. The molecule has 6 heteroatoms. The average molecular weight is 284 g/mol. The maximum atomic E-state index is 12.1. The minimum absolute atomic E-state index is 0.0652. The third kappa shape index (κ3) is 5.46. The Bertz CT molecular complexity index is 310. The first-order valence-corrected chi connectivity index (χ1v) is 7.59. The van der Waals surface area contributed by atoms with E-state index in [9.17, 15) is 9.59 Å². The van der Waals surface area contributed by atoms with E-state index in [1.807, 2.05) is 11.8 Å². The van der Waals surface area contributed by atoms with Gasteiger partial charge in [0, 0.05) is 32.7 Å². The van der Waals surface area contributed by atoms with E-state index in [1.165, 1.54) is 0 Å². The summed E-state index contributed by atoms with van der Waals surface area (Å²) in [5.74, 6) is 0.266. The number of amides is 2. The summed E-state index contributed by atoms with van der Waals surface area (Å²) >= 11 is 0. The van der Waals surface area contributed by atoms with Gasteiger partial charge in [0.1, 0.15) is 0 Å². The normalized spacial score (nSPS) is 16.5. The van der Waals surface area contributed by atoms with Crippen molar-refractivity contribution in [2.45, 2.75) is 20.8 Å². The molecular formula is C14H28N4O2. The van der Waals surface area contributed by atoms with E-state index in [4.69, 9.17) is 0 Å². The lowest BCUT2D eigenvalue weighted by Gasteiger charge is -2.35. The van der Waals surface area contributed by atoms with Crippen molar-refractivity contribution in [1.82, 2.24) is 20.0 Å². The smallest absolute Gasteiger partial charge is 0.236 e. The molecule has 1 saturated heterocycles. The Balaban J connectivity index is 2.30. The predicted octanol–water partition coefficient (Wildman–Crippen LogP) is -0.391. The fourth-order valence-corrected chi connectivity index (χ4v) is 2.35. The predicted molar refractivity (Wildman–Crippen MR) is 79.5 cm³/mol. The van der Waals surface area contributed by atoms with E-state index in [0.717, 1.165) is 39.3 Å². The van der Waals surface area contributed by atoms with Gasteiger partial charge in [-0.25, -0.2) is 0 Å². The Morgan fingerprint density at radius 2 is 1.65 bits per heavy atom. The van der Waals surface area contributed by atoms with E-state index >= 15 is 0 Å². The number of hydrogen-bond acceptors (Lipinski definition) is 4. The van der Waals surface area contributed by atoms with Crippen molar-refractivity contribution < 1.29 is 9.59 Å². The molecule has 0 unspecified atom stereocenters. The molecule has 1 aliphatic heterocycles. The fraction of sp³-hybridized carbons (Fsp3) is 0.857. The van der Waals surface area contributed by atoms with Gasteiger partial charge in [0.2, 0.25) is 11.8 Å². The summed E-state index contributed by atoms with van der Waals surface area (Å²) in [5.41, 5.74) is 0. The van der Waals surface area contributed by atoms with Crippen molar-refractivity contribution in [3.63, 3.8) is 0 Å². The maximum absolute atomic E-state index is 12.1. The lowest BCUT2D eigenvalue weighted by Crippen LogP contribution is -2.52. The minimum atomic E-state index is 0.0652. The number of hydrogen-bond donors (Lipinski definition) is 1. The number of rotatable bonds is 7. The van der Waals surface area contributed by atoms with E-state index in [-0.39, 0.29) is 11.8 Å². The second-order valence-corrected chi connectivity index (χ2v) is 5.07. The molecule has 0 aromatic carbocycles. The van der Waals surface area contributed by atoms with Crippen molar-refractivity contribution in [3.05, 3.63) is 0 Å². The van der Waals surface area contributed by atoms with Crippen LogP contribution in [0.4, 0.5) is 0 Å². The molecule has 116 valence electrons. The number of piperazine rings is 1. The summed E-state index contributed by atoms with van der Waals surface area (Å²) < 4.78 is 0. The van der Waals surface area contributed by atoms with E-state index in [2.05, 4.69) is 29.0 Å². The Morgan fingerprint density at radius 1 is 1.05 bits per heavy atom. The van der Waals surface area contributed by atoms with Crippen molar-refractivity contribution in [1.29, 1.82) is 0 Å². The molecular weight excluding hydrogens is 256 g/mol. The molecule has 1 N–H and O–H groups in total. The largest absolute Gasteiger partial charge is 0.355 e. The topological polar surface area (TPSA) is 55.9 Å². The van der Waals surface area contributed by atoms with E-state index < -0.39 is 0 Å². The van der Waals surface area contributed by atoms with Gasteiger partial charge in [-0.2, -0.15) is 0 Å². The first-order chi connectivity index (χ1) is 9.60. The molecule has 2 amide bonds. The monoisotopic (exact) mass is 284 g/mol. The number of nitrogens with zero attached hydrogens (tertiary/aromatic N) is 3. The zero-order chi connectivity index (χ0) is 15.0. The van der Waals surface area contributed by atoms with Gasteiger partial charge in [0.25, 0.3) is 0 Å². The molecule has 0 radical (unpaired) electrons. The van der Waals surface area contributed by atoms with Crippen LogP contribution in [0.15, 0.2) is 0 Å². The van der Waals surface area contributed by atoms with Crippen LogP contribution >= 0.6 is 0 Å². The molecule has 0 saturated carbocycles. The van der Waals surface area contributed by atoms with Crippen LogP contribution in [0.1, 0.15) is 20.8 Å². The Labute approximate surface area is 122 Å². The summed E-state index contributed by atoms with van der Waals surface area (Å²) in [7, 11) is 0. The highest BCUT2D eigenvalue weighted by atomic mass is 16.2. The van der Waals surface area contributed by atoms with Crippen molar-refractivity contribution in [3.8, 4) is 0 Å². The highest BCUT2D eigenvalue weighted by Gasteiger charge is 2.22. The lowest BCUT2D eigenvalue weighted by molar-refractivity contribution is -0.134. The van der Waals surface area contributed by atoms with Crippen LogP contribution in [-0.4, -0.2) is 85.4 Å². The molecule has 0 aliphatic carbocycles. The van der Waals surface area contributed by atoms with Crippen LogP contribution in [0, 0.1) is 0 Å². The van der Waals surface area contributed by atoms with Gasteiger partial charge in [0.15, 0.2) is 0 Å². The zero-order valence-corrected chi connectivity index (χ0v) is 13.0. The molecule has 1 rings (SSSR count). The zero-order valence-electron chi connectivity index (χ0n) is 13.0. The molecule has 0 aromatic rings. The number of likely N-dealkylation sites (N-methyl/N-ethyl adjacent to an activating group) is 2. The third-order valence-electron chi connectivity index (χ3n) is 3.72. The quantitative estimate of drug-likeness (QED) is 0.692. The van der Waals surface area contributed by atoms with Gasteiger partial charge in [-0.15, -0.1) is 0 Å². The summed E-state index contributed by atoms with van der Waals surface area (Å²) in [4.78, 5) is 29.8. The summed E-state index contributed by atoms with van der Waals surface area (Å²) in [6, 6.07) is 0. The van der Waals surface area contributed by atoms with Crippen molar-refractivity contribution in [2.75, 3.05) is 58.9 Å². The molecule has 0 bridgehead atoms. The molecule has 1 aliphatic rings. The van der Waals surface area contributed by atoms with Crippen molar-refractivity contribution >= 4 is 11.8 Å². The summed E-state index contributed by atoms with van der Waals surface area (Å²) in [5, 5.41) is 2.80. The number of carbonyl (C=O) groups excluding carboxylic acids is 2. The number of nitrogens with one attached hydrogen (secondary N) is 1. The molecule has 6 nitrogen and oxygen atoms in total. The van der Waals surface area contributed by atoms with E-state index in [1.54, 1.807) is 0 Å². The van der Waals surface area contributed by atoms with Crippen LogP contribution < -0.4 is 5.32 Å². The van der Waals surface area contributed by atoms with Gasteiger partial charge in [-0.3, -0.25) is 19.4 Å². The Morgan fingerprint density at radius 3 is 2.15 bits per heavy atom. The van der Waals surface area contributed by atoms with Gasteiger partial charge in [-0.1, -0.05) is 13.8 Å². The molecule has 0 atom stereocenters. The Kier molecular flexibility index (Phi) is 7.54. The SMILES string of the molecule is CCNC(=O)CN1CCN(C(=O)CN(CC)CC)CC1. The van der Waals surface area contributed by atoms with Gasteiger partial charge in [-0.05, 0) is 20.0 Å². The maximum Gasteiger partial charge on any atom is 0.236 e. The summed E-state index contributed by atoms with van der Waals surface area (Å²) in [6.07, 6.45) is 0. The fourth-order valence-electron chi connectivity index (χ4n) is 2.35. The number of carbonyl (C=O) groups is 2. The molecule has 20 heavy (non-hydrogen) atoms. The molecule has 0 spiro atoms. The lowest BCUT2D eigenvalue weighted by atomic mass is 10.3. The van der Waals surface area contributed by atoms with Crippen LogP contribution in [0.25, 0.3) is 0 Å². The molecule has 1 heterocycles. The van der Waals surface area contributed by atoms with Crippen LogP contribution in [0.3, 0.4) is 0 Å². The average Bonchev–Trinajstić information content (AvgIpc) is 2.45. The van der Waals surface area contributed by atoms with Crippen LogP contribution in [-0.2, 0) is 9.59 Å². The highest BCUT2D eigenvalue weighted by Crippen LogP contribution is 2.03. The van der Waals surface area contributed by atoms with Crippen molar-refractivity contribution in [2.24, 2.45) is 0 Å². The second kappa shape index (κ2) is 8.92. The van der Waals surface area contributed by atoms with Crippen LogP contribution in [0.2, 0.25) is 0 Å². The second-order valence-electron chi connectivity index (χ2n) is 5.07. The first-order valence-electron chi connectivity index (χ1n) is 7.59. The van der Waals surface area contributed by atoms with E-state index in [0.29, 0.717) is 19.6 Å². The minimum Gasteiger partial charge on any atom is -0.355 e. The van der Waals surface area contributed by atoms with Gasteiger partial charge >= 0.3 is 0 Å². The van der Waals surface area contributed by atoms with Crippen LogP contribution in [0.5, 0.6) is 0 Å². The standard InChI is InChI=1S/C14H28N4O2/c1-4-15-13(19)11-17-7-9-18(10-8-17)14(20)12-16(5-2)6-3/h4-12H2,1-3H3,(H,15,19). The highest BCUT2D eigenvalue weighted by molar-refractivity contribution is 5.79. The van der Waals surface area contributed by atoms with Gasteiger partial charge < -0.3 is 10.2 Å². The molecule has 1 fully saturated rings. The van der Waals surface area contributed by atoms with Gasteiger partial charge in [0.05, 0.1) is 13.1 Å². The third-order valence-corrected chi connectivity index (χ3v) is 3.72. The summed E-state index contributed by atoms with van der Waals surface area (Å²) in [6.45, 7) is 12.5.